The van der Waals surface area contributed by atoms with E-state index in [-0.39, 0.29) is 0 Å². The molecule has 0 heterocycles. The van der Waals surface area contributed by atoms with Crippen LogP contribution >= 0.6 is 0 Å². The summed E-state index contributed by atoms with van der Waals surface area (Å²) < 4.78 is 5.82. The SMILES string of the molecule is CCc1ccc(OC2CC2)cc1C(C)C. The molecule has 82 valence electrons. The zero-order valence-electron chi connectivity index (χ0n) is 9.92. The lowest BCUT2D eigenvalue weighted by molar-refractivity contribution is 0.302. The molecule has 15 heavy (non-hydrogen) atoms. The number of hydrogen-bond acceptors (Lipinski definition) is 1. The van der Waals surface area contributed by atoms with E-state index in [0.29, 0.717) is 12.0 Å². The van der Waals surface area contributed by atoms with Gasteiger partial charge in [-0.3, -0.25) is 0 Å². The van der Waals surface area contributed by atoms with Gasteiger partial charge in [0.05, 0.1) is 6.10 Å². The molecule has 1 nitrogen and oxygen atoms in total. The second-order valence-electron chi connectivity index (χ2n) is 4.69. The molecule has 0 aliphatic heterocycles. The molecule has 0 bridgehead atoms. The third kappa shape index (κ3) is 2.53. The van der Waals surface area contributed by atoms with Gasteiger partial charge < -0.3 is 4.74 Å². The summed E-state index contributed by atoms with van der Waals surface area (Å²) in [5, 5.41) is 0. The molecule has 1 fully saturated rings. The van der Waals surface area contributed by atoms with Crippen LogP contribution in [-0.4, -0.2) is 6.10 Å². The summed E-state index contributed by atoms with van der Waals surface area (Å²) in [5.74, 6) is 1.64. The van der Waals surface area contributed by atoms with Crippen molar-refractivity contribution in [2.45, 2.75) is 52.1 Å². The normalized spacial score (nSPS) is 15.7. The Morgan fingerprint density at radius 2 is 2.07 bits per heavy atom. The van der Waals surface area contributed by atoms with Gasteiger partial charge in [0.1, 0.15) is 5.75 Å². The summed E-state index contributed by atoms with van der Waals surface area (Å²) in [6.45, 7) is 6.70. The Labute approximate surface area is 92.5 Å². The lowest BCUT2D eigenvalue weighted by Gasteiger charge is -2.14. The molecular formula is C14H20O. The number of aryl methyl sites for hydroxylation is 1. The van der Waals surface area contributed by atoms with Gasteiger partial charge in [-0.05, 0) is 48.4 Å². The molecule has 1 saturated carbocycles. The van der Waals surface area contributed by atoms with E-state index in [1.54, 1.807) is 0 Å². The van der Waals surface area contributed by atoms with Gasteiger partial charge in [0.2, 0.25) is 0 Å². The summed E-state index contributed by atoms with van der Waals surface area (Å²) in [4.78, 5) is 0. The maximum absolute atomic E-state index is 5.82. The first kappa shape index (κ1) is 10.5. The van der Waals surface area contributed by atoms with Crippen LogP contribution in [0, 0.1) is 0 Å². The molecule has 0 spiro atoms. The van der Waals surface area contributed by atoms with Gasteiger partial charge >= 0.3 is 0 Å². The monoisotopic (exact) mass is 204 g/mol. The topological polar surface area (TPSA) is 9.23 Å². The van der Waals surface area contributed by atoms with Gasteiger partial charge in [-0.15, -0.1) is 0 Å². The average molecular weight is 204 g/mol. The Morgan fingerprint density at radius 3 is 2.60 bits per heavy atom. The van der Waals surface area contributed by atoms with E-state index in [2.05, 4.69) is 39.0 Å². The van der Waals surface area contributed by atoms with Crippen molar-refractivity contribution in [1.29, 1.82) is 0 Å². The first-order chi connectivity index (χ1) is 7.20. The van der Waals surface area contributed by atoms with E-state index >= 15 is 0 Å². The van der Waals surface area contributed by atoms with E-state index in [9.17, 15) is 0 Å². The van der Waals surface area contributed by atoms with Crippen molar-refractivity contribution in [2.75, 3.05) is 0 Å². The molecule has 1 aromatic carbocycles. The van der Waals surface area contributed by atoms with Crippen LogP contribution in [0.5, 0.6) is 5.75 Å². The van der Waals surface area contributed by atoms with Crippen LogP contribution in [0.1, 0.15) is 50.7 Å². The molecule has 0 N–H and O–H groups in total. The van der Waals surface area contributed by atoms with Crippen LogP contribution in [0.2, 0.25) is 0 Å². The number of rotatable bonds is 4. The first-order valence-corrected chi connectivity index (χ1v) is 6.00. The Balaban J connectivity index is 2.22. The predicted molar refractivity (Wildman–Crippen MR) is 63.6 cm³/mol. The van der Waals surface area contributed by atoms with E-state index in [1.165, 1.54) is 24.0 Å². The predicted octanol–water partition coefficient (Wildman–Crippen LogP) is 3.91. The second-order valence-corrected chi connectivity index (χ2v) is 4.69. The van der Waals surface area contributed by atoms with E-state index in [4.69, 9.17) is 4.74 Å². The molecule has 0 atom stereocenters. The zero-order chi connectivity index (χ0) is 10.8. The largest absolute Gasteiger partial charge is 0.490 e. The fourth-order valence-electron chi connectivity index (χ4n) is 1.88. The molecular weight excluding hydrogens is 184 g/mol. The Bertz CT molecular complexity index is 337. The molecule has 0 amide bonds. The maximum atomic E-state index is 5.82. The van der Waals surface area contributed by atoms with Crippen LogP contribution in [-0.2, 0) is 6.42 Å². The van der Waals surface area contributed by atoms with Crippen LogP contribution < -0.4 is 4.74 Å². The molecule has 1 aliphatic rings. The van der Waals surface area contributed by atoms with Gasteiger partial charge in [-0.2, -0.15) is 0 Å². The number of hydrogen-bond donors (Lipinski definition) is 0. The summed E-state index contributed by atoms with van der Waals surface area (Å²) in [5.41, 5.74) is 2.89. The van der Waals surface area contributed by atoms with Crippen molar-refractivity contribution in [2.24, 2.45) is 0 Å². The minimum atomic E-state index is 0.498. The van der Waals surface area contributed by atoms with E-state index < -0.39 is 0 Å². The molecule has 0 radical (unpaired) electrons. The Morgan fingerprint density at radius 1 is 1.33 bits per heavy atom. The van der Waals surface area contributed by atoms with Gasteiger partial charge in [-0.1, -0.05) is 26.8 Å². The highest BCUT2D eigenvalue weighted by molar-refractivity contribution is 5.37. The van der Waals surface area contributed by atoms with Crippen LogP contribution in [0.15, 0.2) is 18.2 Å². The second kappa shape index (κ2) is 4.26. The van der Waals surface area contributed by atoms with Crippen molar-refractivity contribution < 1.29 is 4.74 Å². The highest BCUT2D eigenvalue weighted by Crippen LogP contribution is 2.30. The summed E-state index contributed by atoms with van der Waals surface area (Å²) in [6.07, 6.45) is 4.06. The Hall–Kier alpha value is -0.980. The number of benzene rings is 1. The molecule has 1 aliphatic carbocycles. The zero-order valence-corrected chi connectivity index (χ0v) is 9.92. The first-order valence-electron chi connectivity index (χ1n) is 6.00. The quantitative estimate of drug-likeness (QED) is 0.722. The van der Waals surface area contributed by atoms with Crippen molar-refractivity contribution in [1.82, 2.24) is 0 Å². The van der Waals surface area contributed by atoms with Gasteiger partial charge in [0.25, 0.3) is 0 Å². The minimum absolute atomic E-state index is 0.498. The highest BCUT2D eigenvalue weighted by Gasteiger charge is 2.23. The molecule has 0 unspecified atom stereocenters. The van der Waals surface area contributed by atoms with Crippen molar-refractivity contribution in [3.63, 3.8) is 0 Å². The summed E-state index contributed by atoms with van der Waals surface area (Å²) in [7, 11) is 0. The summed E-state index contributed by atoms with van der Waals surface area (Å²) in [6, 6.07) is 6.55. The van der Waals surface area contributed by atoms with Crippen LogP contribution in [0.25, 0.3) is 0 Å². The molecule has 2 rings (SSSR count). The van der Waals surface area contributed by atoms with E-state index in [0.717, 1.165) is 12.2 Å². The third-order valence-corrected chi connectivity index (χ3v) is 2.95. The maximum Gasteiger partial charge on any atom is 0.120 e. The molecule has 1 aromatic rings. The Kier molecular flexibility index (Phi) is 2.99. The lowest BCUT2D eigenvalue weighted by atomic mass is 9.95. The van der Waals surface area contributed by atoms with Gasteiger partial charge in [0, 0.05) is 0 Å². The molecule has 1 heteroatoms. The molecule has 0 aromatic heterocycles. The van der Waals surface area contributed by atoms with E-state index in [1.807, 2.05) is 0 Å². The molecule has 0 saturated heterocycles. The van der Waals surface area contributed by atoms with Crippen molar-refractivity contribution in [3.05, 3.63) is 29.3 Å². The van der Waals surface area contributed by atoms with Crippen LogP contribution in [0.4, 0.5) is 0 Å². The fourth-order valence-corrected chi connectivity index (χ4v) is 1.88. The van der Waals surface area contributed by atoms with Gasteiger partial charge in [0.15, 0.2) is 0 Å². The van der Waals surface area contributed by atoms with Crippen molar-refractivity contribution in [3.8, 4) is 5.75 Å². The third-order valence-electron chi connectivity index (χ3n) is 2.95. The lowest BCUT2D eigenvalue weighted by Crippen LogP contribution is -2.00. The smallest absolute Gasteiger partial charge is 0.120 e. The van der Waals surface area contributed by atoms with Gasteiger partial charge in [-0.25, -0.2) is 0 Å². The highest BCUT2D eigenvalue weighted by atomic mass is 16.5. The standard InChI is InChI=1S/C14H20O/c1-4-11-5-6-13(15-12-7-8-12)9-14(11)10(2)3/h5-6,9-10,12H,4,7-8H2,1-3H3. The fraction of sp³-hybridized carbons (Fsp3) is 0.571. The minimum Gasteiger partial charge on any atom is -0.490 e. The number of ether oxygens (including phenoxy) is 1. The van der Waals surface area contributed by atoms with Crippen molar-refractivity contribution >= 4 is 0 Å². The average Bonchev–Trinajstić information content (AvgIpc) is 3.01. The van der Waals surface area contributed by atoms with Crippen LogP contribution in [0.3, 0.4) is 0 Å². The summed E-state index contributed by atoms with van der Waals surface area (Å²) >= 11 is 0.